The summed E-state index contributed by atoms with van der Waals surface area (Å²) in [5.41, 5.74) is 3.16. The zero-order valence-corrected chi connectivity index (χ0v) is 13.0. The Hall–Kier alpha value is -1.84. The molecule has 0 aliphatic carbocycles. The number of fused-ring (bicyclic) bond motifs is 1. The van der Waals surface area contributed by atoms with Crippen LogP contribution in [0, 0.1) is 0 Å². The summed E-state index contributed by atoms with van der Waals surface area (Å²) >= 11 is 6.12. The van der Waals surface area contributed by atoms with Crippen LogP contribution in [0.15, 0.2) is 48.5 Å². The molecule has 3 nitrogen and oxygen atoms in total. The van der Waals surface area contributed by atoms with Crippen molar-refractivity contribution in [2.24, 2.45) is 0 Å². The van der Waals surface area contributed by atoms with E-state index in [-0.39, 0.29) is 6.10 Å². The van der Waals surface area contributed by atoms with E-state index in [1.165, 1.54) is 0 Å². The van der Waals surface area contributed by atoms with Gasteiger partial charge in [0.25, 0.3) is 0 Å². The average Bonchev–Trinajstić information content (AvgIpc) is 3.17. The lowest BCUT2D eigenvalue weighted by molar-refractivity contribution is 0.0982. The van der Waals surface area contributed by atoms with Gasteiger partial charge in [-0.25, -0.2) is 4.98 Å². The number of rotatable bonds is 3. The van der Waals surface area contributed by atoms with Gasteiger partial charge in [-0.05, 0) is 31.0 Å². The van der Waals surface area contributed by atoms with Crippen molar-refractivity contribution in [2.75, 3.05) is 6.61 Å². The molecular weight excluding hydrogens is 296 g/mol. The van der Waals surface area contributed by atoms with Gasteiger partial charge in [-0.1, -0.05) is 41.9 Å². The molecule has 1 saturated heterocycles. The van der Waals surface area contributed by atoms with Gasteiger partial charge in [-0.3, -0.25) is 0 Å². The standard InChI is InChI=1S/C18H17ClN2O/c19-14-8-9-17-16(11-14)20-18(13-5-2-1-3-6-13)21(17)12-15-7-4-10-22-15/h1-3,5-6,8-9,11,15H,4,7,10,12H2. The number of ether oxygens (including phenoxy) is 1. The molecule has 4 rings (SSSR count). The second-order valence-electron chi connectivity index (χ2n) is 5.68. The summed E-state index contributed by atoms with van der Waals surface area (Å²) < 4.78 is 8.08. The molecule has 0 amide bonds. The molecule has 1 atom stereocenters. The Morgan fingerprint density at radius 2 is 2.05 bits per heavy atom. The Kier molecular flexibility index (Phi) is 3.60. The van der Waals surface area contributed by atoms with Gasteiger partial charge in [-0.2, -0.15) is 0 Å². The van der Waals surface area contributed by atoms with E-state index >= 15 is 0 Å². The van der Waals surface area contributed by atoms with Crippen molar-refractivity contribution < 1.29 is 4.74 Å². The lowest BCUT2D eigenvalue weighted by Crippen LogP contribution is -2.15. The van der Waals surface area contributed by atoms with Gasteiger partial charge in [0.05, 0.1) is 23.7 Å². The summed E-state index contributed by atoms with van der Waals surface area (Å²) in [6, 6.07) is 16.2. The van der Waals surface area contributed by atoms with Crippen molar-refractivity contribution in [1.29, 1.82) is 0 Å². The molecule has 3 aromatic rings. The van der Waals surface area contributed by atoms with E-state index in [1.807, 2.05) is 36.4 Å². The van der Waals surface area contributed by atoms with Gasteiger partial charge >= 0.3 is 0 Å². The summed E-state index contributed by atoms with van der Waals surface area (Å²) in [6.07, 6.45) is 2.53. The second kappa shape index (κ2) is 5.75. The van der Waals surface area contributed by atoms with Crippen LogP contribution < -0.4 is 0 Å². The first-order valence-corrected chi connectivity index (χ1v) is 8.02. The van der Waals surface area contributed by atoms with Gasteiger partial charge in [0, 0.05) is 17.2 Å². The van der Waals surface area contributed by atoms with Crippen LogP contribution in [-0.2, 0) is 11.3 Å². The van der Waals surface area contributed by atoms with Crippen LogP contribution in [0.25, 0.3) is 22.4 Å². The van der Waals surface area contributed by atoms with Crippen molar-refractivity contribution in [1.82, 2.24) is 9.55 Å². The molecule has 0 saturated carbocycles. The molecule has 112 valence electrons. The molecule has 2 aromatic carbocycles. The lowest BCUT2D eigenvalue weighted by Gasteiger charge is -2.14. The molecule has 4 heteroatoms. The minimum Gasteiger partial charge on any atom is -0.376 e. The molecule has 0 N–H and O–H groups in total. The first kappa shape index (κ1) is 13.8. The molecule has 1 unspecified atom stereocenters. The van der Waals surface area contributed by atoms with E-state index < -0.39 is 0 Å². The van der Waals surface area contributed by atoms with Crippen molar-refractivity contribution in [3.8, 4) is 11.4 Å². The molecule has 0 spiro atoms. The third kappa shape index (κ3) is 2.51. The molecule has 0 radical (unpaired) electrons. The highest BCUT2D eigenvalue weighted by atomic mass is 35.5. The van der Waals surface area contributed by atoms with Crippen LogP contribution >= 0.6 is 11.6 Å². The zero-order chi connectivity index (χ0) is 14.9. The number of imidazole rings is 1. The topological polar surface area (TPSA) is 27.1 Å². The van der Waals surface area contributed by atoms with Crippen molar-refractivity contribution in [2.45, 2.75) is 25.5 Å². The van der Waals surface area contributed by atoms with Crippen molar-refractivity contribution in [3.63, 3.8) is 0 Å². The maximum Gasteiger partial charge on any atom is 0.141 e. The maximum absolute atomic E-state index is 6.12. The smallest absolute Gasteiger partial charge is 0.141 e. The van der Waals surface area contributed by atoms with Crippen LogP contribution in [0.1, 0.15) is 12.8 Å². The fourth-order valence-corrected chi connectivity index (χ4v) is 3.25. The zero-order valence-electron chi connectivity index (χ0n) is 12.2. The first-order chi connectivity index (χ1) is 10.8. The van der Waals surface area contributed by atoms with Gasteiger partial charge in [-0.15, -0.1) is 0 Å². The Bertz CT molecular complexity index is 791. The Morgan fingerprint density at radius 3 is 2.82 bits per heavy atom. The molecular formula is C18H17ClN2O. The third-order valence-electron chi connectivity index (χ3n) is 4.15. The summed E-state index contributed by atoms with van der Waals surface area (Å²) in [5, 5.41) is 0.717. The average molecular weight is 313 g/mol. The highest BCUT2D eigenvalue weighted by Crippen LogP contribution is 2.28. The summed E-state index contributed by atoms with van der Waals surface area (Å²) in [7, 11) is 0. The van der Waals surface area contributed by atoms with Gasteiger partial charge in [0.1, 0.15) is 5.82 Å². The van der Waals surface area contributed by atoms with Crippen molar-refractivity contribution in [3.05, 3.63) is 53.6 Å². The maximum atomic E-state index is 6.12. The first-order valence-electron chi connectivity index (χ1n) is 7.64. The molecule has 1 aliphatic heterocycles. The predicted octanol–water partition coefficient (Wildman–Crippen LogP) is 4.54. The molecule has 2 heterocycles. The summed E-state index contributed by atoms with van der Waals surface area (Å²) in [5.74, 6) is 0.980. The molecule has 0 bridgehead atoms. The third-order valence-corrected chi connectivity index (χ3v) is 4.39. The molecule has 1 fully saturated rings. The Morgan fingerprint density at radius 1 is 1.18 bits per heavy atom. The fraction of sp³-hybridized carbons (Fsp3) is 0.278. The van der Waals surface area contributed by atoms with Crippen molar-refractivity contribution >= 4 is 22.6 Å². The van der Waals surface area contributed by atoms with E-state index in [4.69, 9.17) is 21.3 Å². The number of benzene rings is 2. The highest BCUT2D eigenvalue weighted by molar-refractivity contribution is 6.31. The van der Waals surface area contributed by atoms with E-state index in [1.54, 1.807) is 0 Å². The normalized spacial score (nSPS) is 18.1. The second-order valence-corrected chi connectivity index (χ2v) is 6.12. The largest absolute Gasteiger partial charge is 0.376 e. The summed E-state index contributed by atoms with van der Waals surface area (Å²) in [6.45, 7) is 1.70. The Labute approximate surface area is 134 Å². The number of hydrogen-bond acceptors (Lipinski definition) is 2. The van der Waals surface area contributed by atoms with Crippen LogP contribution in [0.5, 0.6) is 0 Å². The van der Waals surface area contributed by atoms with E-state index in [0.717, 1.165) is 48.4 Å². The molecule has 22 heavy (non-hydrogen) atoms. The number of aromatic nitrogens is 2. The van der Waals surface area contributed by atoms with Gasteiger partial charge in [0.15, 0.2) is 0 Å². The lowest BCUT2D eigenvalue weighted by atomic mass is 10.2. The number of hydrogen-bond donors (Lipinski definition) is 0. The monoisotopic (exact) mass is 312 g/mol. The van der Waals surface area contributed by atoms with Gasteiger partial charge < -0.3 is 9.30 Å². The van der Waals surface area contributed by atoms with Crippen LogP contribution in [-0.4, -0.2) is 22.3 Å². The van der Waals surface area contributed by atoms with E-state index in [0.29, 0.717) is 5.02 Å². The highest BCUT2D eigenvalue weighted by Gasteiger charge is 2.20. The van der Waals surface area contributed by atoms with Crippen LogP contribution in [0.3, 0.4) is 0 Å². The number of nitrogens with zero attached hydrogens (tertiary/aromatic N) is 2. The Balaban J connectivity index is 1.86. The predicted molar refractivity (Wildman–Crippen MR) is 89.2 cm³/mol. The number of halogens is 1. The van der Waals surface area contributed by atoms with Crippen LogP contribution in [0.4, 0.5) is 0 Å². The van der Waals surface area contributed by atoms with Gasteiger partial charge in [0.2, 0.25) is 0 Å². The van der Waals surface area contributed by atoms with Crippen LogP contribution in [0.2, 0.25) is 5.02 Å². The fourth-order valence-electron chi connectivity index (χ4n) is 3.09. The molecule has 1 aliphatic rings. The minimum absolute atomic E-state index is 0.274. The SMILES string of the molecule is Clc1ccc2c(c1)nc(-c1ccccc1)n2CC1CCCO1. The summed E-state index contributed by atoms with van der Waals surface area (Å²) in [4.78, 5) is 4.81. The van der Waals surface area contributed by atoms with E-state index in [2.05, 4.69) is 16.7 Å². The quantitative estimate of drug-likeness (QED) is 0.710. The minimum atomic E-state index is 0.274. The molecule has 1 aromatic heterocycles. The van der Waals surface area contributed by atoms with E-state index in [9.17, 15) is 0 Å².